The van der Waals surface area contributed by atoms with Crippen LogP contribution in [0.15, 0.2) is 41.0 Å². The van der Waals surface area contributed by atoms with Gasteiger partial charge in [0.2, 0.25) is 5.78 Å². The molecule has 0 aliphatic heterocycles. The van der Waals surface area contributed by atoms with E-state index in [-0.39, 0.29) is 18.2 Å². The minimum atomic E-state index is -0.216. The van der Waals surface area contributed by atoms with E-state index in [4.69, 9.17) is 20.8 Å². The summed E-state index contributed by atoms with van der Waals surface area (Å²) in [6.07, 6.45) is 1.45. The van der Waals surface area contributed by atoms with Crippen molar-refractivity contribution in [3.63, 3.8) is 0 Å². The second kappa shape index (κ2) is 5.06. The molecule has 0 amide bonds. The first-order valence-corrected chi connectivity index (χ1v) is 5.50. The van der Waals surface area contributed by atoms with E-state index in [1.807, 2.05) is 13.0 Å². The van der Waals surface area contributed by atoms with Crippen molar-refractivity contribution >= 4 is 17.4 Å². The van der Waals surface area contributed by atoms with Gasteiger partial charge < -0.3 is 9.15 Å². The van der Waals surface area contributed by atoms with Gasteiger partial charge in [0.05, 0.1) is 11.3 Å². The third-order valence-corrected chi connectivity index (χ3v) is 2.54. The van der Waals surface area contributed by atoms with Crippen LogP contribution < -0.4 is 4.74 Å². The first-order chi connectivity index (χ1) is 8.16. The van der Waals surface area contributed by atoms with Crippen molar-refractivity contribution in [3.05, 3.63) is 52.9 Å². The smallest absolute Gasteiger partial charge is 0.235 e. The molecule has 2 rings (SSSR count). The molecule has 4 heteroatoms. The van der Waals surface area contributed by atoms with Gasteiger partial charge in [0.15, 0.2) is 12.4 Å². The van der Waals surface area contributed by atoms with Crippen molar-refractivity contribution in [2.75, 3.05) is 6.61 Å². The topological polar surface area (TPSA) is 39.4 Å². The number of furan rings is 1. The van der Waals surface area contributed by atoms with Crippen LogP contribution in [0, 0.1) is 6.92 Å². The molecule has 0 saturated carbocycles. The highest BCUT2D eigenvalue weighted by atomic mass is 35.5. The number of hydrogen-bond donors (Lipinski definition) is 0. The summed E-state index contributed by atoms with van der Waals surface area (Å²) < 4.78 is 10.3. The van der Waals surface area contributed by atoms with Crippen molar-refractivity contribution in [1.29, 1.82) is 0 Å². The molecular formula is C13H11ClO3. The number of carbonyl (C=O) groups excluding carboxylic acids is 1. The maximum atomic E-state index is 11.6. The van der Waals surface area contributed by atoms with Crippen LogP contribution in [0.3, 0.4) is 0 Å². The minimum Gasteiger partial charge on any atom is -0.484 e. The van der Waals surface area contributed by atoms with E-state index in [1.54, 1.807) is 24.3 Å². The number of hydrogen-bond acceptors (Lipinski definition) is 3. The van der Waals surface area contributed by atoms with Crippen LogP contribution in [-0.4, -0.2) is 12.4 Å². The average molecular weight is 251 g/mol. The third kappa shape index (κ3) is 2.88. The van der Waals surface area contributed by atoms with E-state index in [0.717, 1.165) is 5.56 Å². The predicted octanol–water partition coefficient (Wildman–Crippen LogP) is 3.50. The molecule has 17 heavy (non-hydrogen) atoms. The van der Waals surface area contributed by atoms with Crippen LogP contribution in [0.5, 0.6) is 5.75 Å². The van der Waals surface area contributed by atoms with Crippen molar-refractivity contribution in [3.8, 4) is 5.75 Å². The first kappa shape index (κ1) is 11.7. The monoisotopic (exact) mass is 250 g/mol. The molecule has 1 heterocycles. The molecule has 0 aliphatic rings. The molecule has 0 aliphatic carbocycles. The van der Waals surface area contributed by atoms with Gasteiger partial charge in [-0.3, -0.25) is 4.79 Å². The first-order valence-electron chi connectivity index (χ1n) is 5.12. The van der Waals surface area contributed by atoms with Gasteiger partial charge >= 0.3 is 0 Å². The normalized spacial score (nSPS) is 10.2. The second-order valence-electron chi connectivity index (χ2n) is 3.62. The summed E-state index contributed by atoms with van der Waals surface area (Å²) in [6.45, 7) is 1.85. The lowest BCUT2D eigenvalue weighted by molar-refractivity contribution is 0.0894. The number of Topliss-reactive ketones (excluding diaryl/α,β-unsaturated/α-hetero) is 1. The largest absolute Gasteiger partial charge is 0.484 e. The Kier molecular flexibility index (Phi) is 3.49. The van der Waals surface area contributed by atoms with Crippen LogP contribution in [-0.2, 0) is 0 Å². The zero-order valence-corrected chi connectivity index (χ0v) is 10.0. The lowest BCUT2D eigenvalue weighted by Gasteiger charge is -2.06. The molecule has 0 bridgehead atoms. The average Bonchev–Trinajstić information content (AvgIpc) is 2.81. The van der Waals surface area contributed by atoms with Crippen molar-refractivity contribution < 1.29 is 13.9 Å². The fourth-order valence-corrected chi connectivity index (χ4v) is 1.66. The van der Waals surface area contributed by atoms with Gasteiger partial charge in [-0.25, -0.2) is 0 Å². The van der Waals surface area contributed by atoms with Crippen LogP contribution in [0.2, 0.25) is 5.02 Å². The standard InChI is InChI=1S/C13H11ClO3/c1-9-4-5-12(10(14)7-9)17-8-11(15)13-3-2-6-16-13/h2-7H,8H2,1H3. The summed E-state index contributed by atoms with van der Waals surface area (Å²) in [6, 6.07) is 8.66. The third-order valence-electron chi connectivity index (χ3n) is 2.24. The summed E-state index contributed by atoms with van der Waals surface area (Å²) in [5, 5.41) is 0.497. The Morgan fingerprint density at radius 2 is 2.24 bits per heavy atom. The number of carbonyl (C=O) groups is 1. The summed E-state index contributed by atoms with van der Waals surface area (Å²) in [5.41, 5.74) is 1.04. The maximum absolute atomic E-state index is 11.6. The number of aryl methyl sites for hydroxylation is 1. The molecule has 0 spiro atoms. The van der Waals surface area contributed by atoms with Gasteiger partial charge in [-0.1, -0.05) is 17.7 Å². The highest BCUT2D eigenvalue weighted by Crippen LogP contribution is 2.25. The van der Waals surface area contributed by atoms with E-state index in [0.29, 0.717) is 10.8 Å². The molecule has 0 saturated heterocycles. The zero-order chi connectivity index (χ0) is 12.3. The number of ketones is 1. The minimum absolute atomic E-state index is 0.0870. The Labute approximate surface area is 104 Å². The van der Waals surface area contributed by atoms with E-state index >= 15 is 0 Å². The Morgan fingerprint density at radius 3 is 2.88 bits per heavy atom. The van der Waals surface area contributed by atoms with E-state index in [9.17, 15) is 4.79 Å². The highest BCUT2D eigenvalue weighted by Gasteiger charge is 2.10. The van der Waals surface area contributed by atoms with Gasteiger partial charge in [-0.15, -0.1) is 0 Å². The van der Waals surface area contributed by atoms with Crippen LogP contribution in [0.25, 0.3) is 0 Å². The van der Waals surface area contributed by atoms with Gasteiger partial charge in [0.1, 0.15) is 5.75 Å². The van der Waals surface area contributed by atoms with Crippen LogP contribution in [0.4, 0.5) is 0 Å². The van der Waals surface area contributed by atoms with Crippen molar-refractivity contribution in [2.45, 2.75) is 6.92 Å². The Bertz CT molecular complexity index is 517. The lowest BCUT2D eigenvalue weighted by Crippen LogP contribution is -2.10. The van der Waals surface area contributed by atoms with Crippen molar-refractivity contribution in [2.24, 2.45) is 0 Å². The SMILES string of the molecule is Cc1ccc(OCC(=O)c2ccco2)c(Cl)c1. The number of ether oxygens (including phenoxy) is 1. The molecule has 0 fully saturated rings. The van der Waals surface area contributed by atoms with Gasteiger partial charge in [0.25, 0.3) is 0 Å². The Morgan fingerprint density at radius 1 is 1.41 bits per heavy atom. The molecule has 1 aromatic carbocycles. The van der Waals surface area contributed by atoms with Crippen molar-refractivity contribution in [1.82, 2.24) is 0 Å². The Hall–Kier alpha value is -1.74. The summed E-state index contributed by atoms with van der Waals surface area (Å²) in [7, 11) is 0. The molecule has 0 N–H and O–H groups in total. The summed E-state index contributed by atoms with van der Waals surface area (Å²) in [5.74, 6) is 0.567. The molecule has 0 atom stereocenters. The van der Waals surface area contributed by atoms with E-state index in [2.05, 4.69) is 0 Å². The highest BCUT2D eigenvalue weighted by molar-refractivity contribution is 6.32. The molecule has 2 aromatic rings. The van der Waals surface area contributed by atoms with Gasteiger partial charge in [-0.2, -0.15) is 0 Å². The lowest BCUT2D eigenvalue weighted by atomic mass is 10.2. The summed E-state index contributed by atoms with van der Waals surface area (Å²) in [4.78, 5) is 11.6. The van der Waals surface area contributed by atoms with Gasteiger partial charge in [-0.05, 0) is 36.8 Å². The van der Waals surface area contributed by atoms with Crippen LogP contribution in [0.1, 0.15) is 16.1 Å². The number of halogens is 1. The Balaban J connectivity index is 2.01. The molecule has 0 unspecified atom stereocenters. The fourth-order valence-electron chi connectivity index (χ4n) is 1.37. The fraction of sp³-hybridized carbons (Fsp3) is 0.154. The van der Waals surface area contributed by atoms with Gasteiger partial charge in [0, 0.05) is 0 Å². The van der Waals surface area contributed by atoms with E-state index < -0.39 is 0 Å². The predicted molar refractivity (Wildman–Crippen MR) is 64.7 cm³/mol. The number of rotatable bonds is 4. The zero-order valence-electron chi connectivity index (χ0n) is 9.27. The molecule has 88 valence electrons. The van der Waals surface area contributed by atoms with Crippen LogP contribution >= 0.6 is 11.6 Å². The second-order valence-corrected chi connectivity index (χ2v) is 4.03. The molecule has 3 nitrogen and oxygen atoms in total. The number of benzene rings is 1. The molecular weight excluding hydrogens is 240 g/mol. The summed E-state index contributed by atoms with van der Waals surface area (Å²) >= 11 is 5.98. The maximum Gasteiger partial charge on any atom is 0.235 e. The molecule has 1 aromatic heterocycles. The van der Waals surface area contributed by atoms with E-state index in [1.165, 1.54) is 6.26 Å². The quantitative estimate of drug-likeness (QED) is 0.780. The molecule has 0 radical (unpaired) electrons.